The molecule has 1 rings (SSSR count). The summed E-state index contributed by atoms with van der Waals surface area (Å²) in [5.74, 6) is -0.0335. The number of rotatable bonds is 10. The second kappa shape index (κ2) is 12.6. The van der Waals surface area contributed by atoms with Crippen LogP contribution < -0.4 is 16.2 Å². The molecule has 0 aliphatic heterocycles. The zero-order chi connectivity index (χ0) is 16.8. The number of hydrazine groups is 1. The van der Waals surface area contributed by atoms with Gasteiger partial charge in [-0.2, -0.15) is 0 Å². The van der Waals surface area contributed by atoms with Crippen LogP contribution in [0.5, 0.6) is 0 Å². The average Bonchev–Trinajstić information content (AvgIpc) is 2.56. The van der Waals surface area contributed by atoms with Crippen molar-refractivity contribution >= 4 is 28.9 Å². The molecule has 0 heterocycles. The van der Waals surface area contributed by atoms with Crippen molar-refractivity contribution in [2.75, 3.05) is 5.32 Å². The summed E-state index contributed by atoms with van der Waals surface area (Å²) in [4.78, 5) is 11.7. The molecule has 1 amide bonds. The molecular weight excluding hydrogens is 306 g/mol. The van der Waals surface area contributed by atoms with Crippen LogP contribution in [0, 0.1) is 0 Å². The minimum absolute atomic E-state index is 0.0335. The van der Waals surface area contributed by atoms with Crippen molar-refractivity contribution < 1.29 is 4.79 Å². The van der Waals surface area contributed by atoms with Crippen molar-refractivity contribution in [3.05, 3.63) is 43.0 Å². The van der Waals surface area contributed by atoms with Gasteiger partial charge >= 0.3 is 0 Å². The maximum absolute atomic E-state index is 11.7. The van der Waals surface area contributed by atoms with Crippen LogP contribution >= 0.6 is 12.2 Å². The molecule has 23 heavy (non-hydrogen) atoms. The maximum Gasteiger partial charge on any atom is 0.238 e. The van der Waals surface area contributed by atoms with Crippen LogP contribution in [0.3, 0.4) is 0 Å². The standard InChI is InChI=1S/C18H27N3OS/c1-2-3-4-5-6-7-8-12-15-17(22)20-21-18(23)19-16-13-10-9-11-14-16/h2,9-11,13-14H,1,3-8,12,15H2,(H,20,22)(H2,19,21,23). The number of hydrogen-bond acceptors (Lipinski definition) is 2. The molecule has 0 unspecified atom stereocenters. The lowest BCUT2D eigenvalue weighted by atomic mass is 10.1. The number of carbonyl (C=O) groups is 1. The van der Waals surface area contributed by atoms with Gasteiger partial charge in [-0.05, 0) is 43.6 Å². The highest BCUT2D eigenvalue weighted by Gasteiger charge is 2.02. The first-order chi connectivity index (χ1) is 11.2. The molecule has 4 nitrogen and oxygen atoms in total. The Morgan fingerprint density at radius 2 is 1.65 bits per heavy atom. The lowest BCUT2D eigenvalue weighted by molar-refractivity contribution is -0.121. The van der Waals surface area contributed by atoms with Crippen molar-refractivity contribution in [1.82, 2.24) is 10.9 Å². The third kappa shape index (κ3) is 10.5. The van der Waals surface area contributed by atoms with E-state index in [2.05, 4.69) is 22.7 Å². The van der Waals surface area contributed by atoms with Crippen LogP contribution in [0.1, 0.15) is 51.4 Å². The van der Waals surface area contributed by atoms with Gasteiger partial charge in [-0.25, -0.2) is 0 Å². The number of carbonyl (C=O) groups excluding carboxylic acids is 1. The number of nitrogens with one attached hydrogen (secondary N) is 3. The zero-order valence-electron chi connectivity index (χ0n) is 13.6. The summed E-state index contributed by atoms with van der Waals surface area (Å²) in [6.45, 7) is 3.72. The average molecular weight is 334 g/mol. The molecular formula is C18H27N3OS. The van der Waals surface area contributed by atoms with Gasteiger partial charge in [0, 0.05) is 12.1 Å². The van der Waals surface area contributed by atoms with Gasteiger partial charge < -0.3 is 5.32 Å². The summed E-state index contributed by atoms with van der Waals surface area (Å²) in [6, 6.07) is 9.58. The SMILES string of the molecule is C=CCCCCCCCCC(=O)NNC(=S)Nc1ccccc1. The van der Waals surface area contributed by atoms with E-state index in [-0.39, 0.29) is 5.91 Å². The molecule has 0 saturated heterocycles. The largest absolute Gasteiger partial charge is 0.331 e. The summed E-state index contributed by atoms with van der Waals surface area (Å²) < 4.78 is 0. The monoisotopic (exact) mass is 333 g/mol. The van der Waals surface area contributed by atoms with Crippen LogP contribution in [-0.4, -0.2) is 11.0 Å². The fourth-order valence-corrected chi connectivity index (χ4v) is 2.32. The zero-order valence-corrected chi connectivity index (χ0v) is 14.5. The minimum Gasteiger partial charge on any atom is -0.331 e. The van der Waals surface area contributed by atoms with Gasteiger partial charge in [0.25, 0.3) is 0 Å². The van der Waals surface area contributed by atoms with Crippen LogP contribution in [-0.2, 0) is 4.79 Å². The molecule has 0 fully saturated rings. The van der Waals surface area contributed by atoms with E-state index in [0.29, 0.717) is 11.5 Å². The molecule has 1 aromatic carbocycles. The molecule has 0 aromatic heterocycles. The number of allylic oxidation sites excluding steroid dienone is 1. The molecule has 0 aliphatic carbocycles. The van der Waals surface area contributed by atoms with E-state index < -0.39 is 0 Å². The lowest BCUT2D eigenvalue weighted by Gasteiger charge is -2.11. The molecule has 0 bridgehead atoms. The maximum atomic E-state index is 11.7. The molecule has 0 aliphatic rings. The molecule has 5 heteroatoms. The highest BCUT2D eigenvalue weighted by Crippen LogP contribution is 2.08. The molecule has 1 aromatic rings. The smallest absolute Gasteiger partial charge is 0.238 e. The van der Waals surface area contributed by atoms with Gasteiger partial charge in [0.05, 0.1) is 0 Å². The summed E-state index contributed by atoms with van der Waals surface area (Å²) in [5, 5.41) is 3.38. The van der Waals surface area contributed by atoms with Gasteiger partial charge in [-0.1, -0.05) is 50.0 Å². The van der Waals surface area contributed by atoms with Crippen LogP contribution in [0.25, 0.3) is 0 Å². The summed E-state index contributed by atoms with van der Waals surface area (Å²) >= 11 is 5.12. The third-order valence-corrected chi connectivity index (χ3v) is 3.61. The Morgan fingerprint density at radius 3 is 2.35 bits per heavy atom. The number of amides is 1. The Hall–Kier alpha value is -1.88. The van der Waals surface area contributed by atoms with Crippen molar-refractivity contribution in [2.45, 2.75) is 51.4 Å². The number of para-hydroxylation sites is 1. The van der Waals surface area contributed by atoms with Crippen LogP contribution in [0.4, 0.5) is 5.69 Å². The summed E-state index contributed by atoms with van der Waals surface area (Å²) in [6.07, 6.45) is 10.5. The predicted molar refractivity (Wildman–Crippen MR) is 101 cm³/mol. The van der Waals surface area contributed by atoms with E-state index >= 15 is 0 Å². The number of hydrogen-bond donors (Lipinski definition) is 3. The van der Waals surface area contributed by atoms with E-state index in [1.165, 1.54) is 25.7 Å². The van der Waals surface area contributed by atoms with Gasteiger partial charge in [-0.15, -0.1) is 6.58 Å². The molecule has 0 radical (unpaired) electrons. The molecule has 0 spiro atoms. The van der Waals surface area contributed by atoms with Gasteiger partial charge in [0.2, 0.25) is 5.91 Å². The predicted octanol–water partition coefficient (Wildman–Crippen LogP) is 4.31. The number of anilines is 1. The molecule has 3 N–H and O–H groups in total. The van der Waals surface area contributed by atoms with Crippen molar-refractivity contribution in [1.29, 1.82) is 0 Å². The Bertz CT molecular complexity index is 476. The number of thiocarbonyl (C=S) groups is 1. The Labute approximate surface area is 144 Å². The summed E-state index contributed by atoms with van der Waals surface area (Å²) in [5.41, 5.74) is 6.22. The van der Waals surface area contributed by atoms with E-state index in [4.69, 9.17) is 12.2 Å². The fourth-order valence-electron chi connectivity index (χ4n) is 2.15. The quantitative estimate of drug-likeness (QED) is 0.258. The van der Waals surface area contributed by atoms with E-state index in [0.717, 1.165) is 24.9 Å². The third-order valence-electron chi connectivity index (χ3n) is 3.41. The summed E-state index contributed by atoms with van der Waals surface area (Å²) in [7, 11) is 0. The normalized spacial score (nSPS) is 9.91. The van der Waals surface area contributed by atoms with Crippen molar-refractivity contribution in [3.63, 3.8) is 0 Å². The van der Waals surface area contributed by atoms with Crippen molar-refractivity contribution in [2.24, 2.45) is 0 Å². The second-order valence-electron chi connectivity index (χ2n) is 5.44. The number of benzene rings is 1. The molecule has 0 atom stereocenters. The fraction of sp³-hybridized carbons (Fsp3) is 0.444. The minimum atomic E-state index is -0.0335. The Morgan fingerprint density at radius 1 is 1.00 bits per heavy atom. The van der Waals surface area contributed by atoms with Gasteiger partial charge in [0.1, 0.15) is 0 Å². The highest BCUT2D eigenvalue weighted by atomic mass is 32.1. The Kier molecular flexibility index (Phi) is 10.5. The first-order valence-electron chi connectivity index (χ1n) is 8.24. The van der Waals surface area contributed by atoms with Gasteiger partial charge in [-0.3, -0.25) is 15.6 Å². The highest BCUT2D eigenvalue weighted by molar-refractivity contribution is 7.80. The van der Waals surface area contributed by atoms with E-state index in [1.54, 1.807) is 0 Å². The molecule has 126 valence electrons. The topological polar surface area (TPSA) is 53.2 Å². The Balaban J connectivity index is 1.99. The second-order valence-corrected chi connectivity index (χ2v) is 5.85. The van der Waals surface area contributed by atoms with Gasteiger partial charge in [0.15, 0.2) is 5.11 Å². The van der Waals surface area contributed by atoms with E-state index in [9.17, 15) is 4.79 Å². The lowest BCUT2D eigenvalue weighted by Crippen LogP contribution is -2.43. The van der Waals surface area contributed by atoms with Crippen LogP contribution in [0.2, 0.25) is 0 Å². The van der Waals surface area contributed by atoms with E-state index in [1.807, 2.05) is 36.4 Å². The number of unbranched alkanes of at least 4 members (excludes halogenated alkanes) is 6. The first kappa shape index (κ1) is 19.2. The molecule has 0 saturated carbocycles. The van der Waals surface area contributed by atoms with Crippen LogP contribution in [0.15, 0.2) is 43.0 Å². The van der Waals surface area contributed by atoms with Crippen molar-refractivity contribution in [3.8, 4) is 0 Å². The first-order valence-corrected chi connectivity index (χ1v) is 8.65.